The van der Waals surface area contributed by atoms with Crippen molar-refractivity contribution in [3.05, 3.63) is 34.9 Å². The molecule has 0 spiro atoms. The molecule has 0 amide bonds. The second-order valence-electron chi connectivity index (χ2n) is 3.49. The first-order valence-corrected chi connectivity index (χ1v) is 5.22. The predicted molar refractivity (Wildman–Crippen MR) is 60.0 cm³/mol. The third-order valence-electron chi connectivity index (χ3n) is 2.19. The van der Waals surface area contributed by atoms with Gasteiger partial charge >= 0.3 is 5.97 Å². The minimum atomic E-state index is -0.882. The smallest absolute Gasteiger partial charge is 0.307 e. The van der Waals surface area contributed by atoms with Crippen LogP contribution in [0.1, 0.15) is 12.0 Å². The van der Waals surface area contributed by atoms with Crippen molar-refractivity contribution in [3.63, 3.8) is 0 Å². The Morgan fingerprint density at radius 1 is 1.62 bits per heavy atom. The van der Waals surface area contributed by atoms with E-state index in [2.05, 4.69) is 4.99 Å². The third-order valence-corrected chi connectivity index (χ3v) is 2.43. The van der Waals surface area contributed by atoms with Gasteiger partial charge in [-0.3, -0.25) is 4.79 Å². The van der Waals surface area contributed by atoms with Gasteiger partial charge in [0.25, 0.3) is 0 Å². The molecule has 2 rings (SSSR count). The zero-order valence-corrected chi connectivity index (χ0v) is 9.15. The van der Waals surface area contributed by atoms with E-state index in [9.17, 15) is 4.79 Å². The summed E-state index contributed by atoms with van der Waals surface area (Å²) >= 11 is 5.84. The van der Waals surface area contributed by atoms with E-state index in [1.807, 2.05) is 6.07 Å². The molecule has 16 heavy (non-hydrogen) atoms. The Labute approximate surface area is 97.5 Å². The van der Waals surface area contributed by atoms with Crippen molar-refractivity contribution >= 4 is 23.5 Å². The summed E-state index contributed by atoms with van der Waals surface area (Å²) in [5, 5.41) is 9.23. The van der Waals surface area contributed by atoms with Crippen LogP contribution in [0.15, 0.2) is 29.3 Å². The highest BCUT2D eigenvalue weighted by atomic mass is 35.5. The number of aliphatic carboxylic acids is 1. The van der Waals surface area contributed by atoms with Crippen LogP contribution in [0.25, 0.3) is 0 Å². The van der Waals surface area contributed by atoms with Gasteiger partial charge in [0.2, 0.25) is 5.90 Å². The van der Waals surface area contributed by atoms with Crippen molar-refractivity contribution in [2.24, 2.45) is 4.99 Å². The maximum atomic E-state index is 10.5. The van der Waals surface area contributed by atoms with Crippen LogP contribution in [0.2, 0.25) is 5.02 Å². The summed E-state index contributed by atoms with van der Waals surface area (Å²) in [5.74, 6) is -0.415. The van der Waals surface area contributed by atoms with Crippen molar-refractivity contribution in [1.82, 2.24) is 0 Å². The van der Waals surface area contributed by atoms with Gasteiger partial charge in [0, 0.05) is 10.6 Å². The molecule has 1 aliphatic rings. The average molecular weight is 240 g/mol. The Balaban J connectivity index is 2.06. The van der Waals surface area contributed by atoms with Gasteiger partial charge in [0.1, 0.15) is 6.10 Å². The predicted octanol–water partition coefficient (Wildman–Crippen LogP) is 1.96. The van der Waals surface area contributed by atoms with Crippen LogP contribution >= 0.6 is 11.6 Å². The van der Waals surface area contributed by atoms with Gasteiger partial charge in [-0.05, 0) is 18.2 Å². The maximum Gasteiger partial charge on any atom is 0.307 e. The molecule has 1 aromatic rings. The lowest BCUT2D eigenvalue weighted by molar-refractivity contribution is -0.138. The van der Waals surface area contributed by atoms with Gasteiger partial charge in [0.05, 0.1) is 13.0 Å². The molecule has 0 radical (unpaired) electrons. The Morgan fingerprint density at radius 2 is 2.44 bits per heavy atom. The summed E-state index contributed by atoms with van der Waals surface area (Å²) in [6.45, 7) is 0.383. The summed E-state index contributed by atoms with van der Waals surface area (Å²) in [7, 11) is 0. The summed E-state index contributed by atoms with van der Waals surface area (Å²) in [6.07, 6.45) is -0.403. The summed E-state index contributed by atoms with van der Waals surface area (Å²) < 4.78 is 5.42. The van der Waals surface area contributed by atoms with Crippen molar-refractivity contribution in [3.8, 4) is 0 Å². The van der Waals surface area contributed by atoms with Crippen LogP contribution < -0.4 is 0 Å². The number of aliphatic imine (C=N–C) groups is 1. The Morgan fingerprint density at radius 3 is 3.12 bits per heavy atom. The molecule has 0 bridgehead atoms. The fraction of sp³-hybridized carbons (Fsp3) is 0.273. The molecule has 84 valence electrons. The number of rotatable bonds is 3. The Kier molecular flexibility index (Phi) is 3.10. The molecule has 1 unspecified atom stereocenters. The number of carboxylic acids is 1. The van der Waals surface area contributed by atoms with Crippen LogP contribution in [0.4, 0.5) is 0 Å². The van der Waals surface area contributed by atoms with E-state index in [1.165, 1.54) is 0 Å². The van der Waals surface area contributed by atoms with Gasteiger partial charge < -0.3 is 9.84 Å². The van der Waals surface area contributed by atoms with E-state index in [0.717, 1.165) is 5.56 Å². The topological polar surface area (TPSA) is 58.9 Å². The molecule has 1 heterocycles. The Bertz CT molecular complexity index is 445. The third kappa shape index (κ3) is 2.52. The molecule has 0 saturated heterocycles. The van der Waals surface area contributed by atoms with Crippen LogP contribution in [-0.4, -0.2) is 29.6 Å². The molecule has 0 fully saturated rings. The van der Waals surface area contributed by atoms with Gasteiger partial charge in [-0.25, -0.2) is 4.99 Å². The van der Waals surface area contributed by atoms with Crippen LogP contribution in [0, 0.1) is 0 Å². The summed E-state index contributed by atoms with van der Waals surface area (Å²) in [5.41, 5.74) is 0.778. The SMILES string of the molecule is O=C(O)CC1CN=C(c2cccc(Cl)c2)O1. The molecule has 0 aliphatic carbocycles. The normalized spacial score (nSPS) is 19.1. The second-order valence-corrected chi connectivity index (χ2v) is 3.93. The molecular weight excluding hydrogens is 230 g/mol. The average Bonchev–Trinajstić information content (AvgIpc) is 2.65. The summed E-state index contributed by atoms with van der Waals surface area (Å²) in [4.78, 5) is 14.7. The van der Waals surface area contributed by atoms with Gasteiger partial charge in [0.15, 0.2) is 0 Å². The fourth-order valence-corrected chi connectivity index (χ4v) is 1.69. The second kappa shape index (κ2) is 4.53. The van der Waals surface area contributed by atoms with E-state index in [-0.39, 0.29) is 12.5 Å². The minimum Gasteiger partial charge on any atom is -0.481 e. The number of carboxylic acid groups (broad SMARTS) is 1. The first-order valence-electron chi connectivity index (χ1n) is 4.84. The molecule has 1 N–H and O–H groups in total. The van der Waals surface area contributed by atoms with E-state index in [1.54, 1.807) is 18.2 Å². The first kappa shape index (κ1) is 11.0. The number of hydrogen-bond acceptors (Lipinski definition) is 3. The monoisotopic (exact) mass is 239 g/mol. The van der Waals surface area contributed by atoms with Crippen LogP contribution in [-0.2, 0) is 9.53 Å². The molecule has 5 heteroatoms. The number of carbonyl (C=O) groups is 1. The van der Waals surface area contributed by atoms with Gasteiger partial charge in [-0.15, -0.1) is 0 Å². The zero-order chi connectivity index (χ0) is 11.5. The van der Waals surface area contributed by atoms with Crippen molar-refractivity contribution in [2.75, 3.05) is 6.54 Å². The molecule has 1 aliphatic heterocycles. The number of benzene rings is 1. The zero-order valence-electron chi connectivity index (χ0n) is 8.39. The van der Waals surface area contributed by atoms with E-state index in [4.69, 9.17) is 21.4 Å². The summed E-state index contributed by atoms with van der Waals surface area (Å²) in [6, 6.07) is 7.13. The molecule has 0 aromatic heterocycles. The van der Waals surface area contributed by atoms with E-state index < -0.39 is 5.97 Å². The maximum absolute atomic E-state index is 10.5. The quantitative estimate of drug-likeness (QED) is 0.877. The highest BCUT2D eigenvalue weighted by Gasteiger charge is 2.23. The molecule has 1 atom stereocenters. The van der Waals surface area contributed by atoms with Crippen LogP contribution in [0.3, 0.4) is 0 Å². The van der Waals surface area contributed by atoms with Crippen molar-refractivity contribution < 1.29 is 14.6 Å². The lowest BCUT2D eigenvalue weighted by Crippen LogP contribution is -2.17. The molecular formula is C11H10ClNO3. The molecule has 1 aromatic carbocycles. The number of hydrogen-bond donors (Lipinski definition) is 1. The molecule has 4 nitrogen and oxygen atoms in total. The van der Waals surface area contributed by atoms with Crippen molar-refractivity contribution in [2.45, 2.75) is 12.5 Å². The fourth-order valence-electron chi connectivity index (χ4n) is 1.50. The number of nitrogens with zero attached hydrogens (tertiary/aromatic N) is 1. The highest BCUT2D eigenvalue weighted by molar-refractivity contribution is 6.30. The van der Waals surface area contributed by atoms with Gasteiger partial charge in [-0.2, -0.15) is 0 Å². The minimum absolute atomic E-state index is 0.0342. The van der Waals surface area contributed by atoms with E-state index in [0.29, 0.717) is 17.5 Å². The first-order chi connectivity index (χ1) is 7.65. The molecule has 0 saturated carbocycles. The van der Waals surface area contributed by atoms with Gasteiger partial charge in [-0.1, -0.05) is 17.7 Å². The standard InChI is InChI=1S/C11H10ClNO3/c12-8-3-1-2-7(4-8)11-13-6-9(16-11)5-10(14)15/h1-4,9H,5-6H2,(H,14,15). The van der Waals surface area contributed by atoms with E-state index >= 15 is 0 Å². The lowest BCUT2D eigenvalue weighted by Gasteiger charge is -2.08. The highest BCUT2D eigenvalue weighted by Crippen LogP contribution is 2.17. The number of halogens is 1. The largest absolute Gasteiger partial charge is 0.481 e. The lowest BCUT2D eigenvalue weighted by atomic mass is 10.2. The van der Waals surface area contributed by atoms with Crippen LogP contribution in [0.5, 0.6) is 0 Å². The van der Waals surface area contributed by atoms with Crippen molar-refractivity contribution in [1.29, 1.82) is 0 Å². The Hall–Kier alpha value is -1.55. The number of ether oxygens (including phenoxy) is 1.